The molecule has 0 aliphatic carbocycles. The molecule has 1 fully saturated rings. The van der Waals surface area contributed by atoms with Crippen LogP contribution in [0.15, 0.2) is 0 Å². The Morgan fingerprint density at radius 1 is 1.27 bits per heavy atom. The number of rotatable bonds is 1. The zero-order chi connectivity index (χ0) is 11.9. The minimum atomic E-state index is -1.31. The fourth-order valence-electron chi connectivity index (χ4n) is 2.81. The van der Waals surface area contributed by atoms with Gasteiger partial charge in [-0.05, 0) is 27.7 Å². The molecule has 0 aromatic rings. The Labute approximate surface area is 90.0 Å². The summed E-state index contributed by atoms with van der Waals surface area (Å²) in [6, 6.07) is 0. The average Bonchev–Trinajstić information content (AvgIpc) is 1.70. The van der Waals surface area contributed by atoms with Crippen LogP contribution in [0.1, 0.15) is 40.5 Å². The third kappa shape index (κ3) is 3.35. The number of carbonyl (C=O) groups is 1. The Morgan fingerprint density at radius 3 is 2.00 bits per heavy atom. The van der Waals surface area contributed by atoms with Gasteiger partial charge in [-0.25, -0.2) is 4.79 Å². The SMILES string of the molecule is CC1(C)CC(N)(OC(=O)O)CC(C)(C)N1. The van der Waals surface area contributed by atoms with Gasteiger partial charge in [-0.1, -0.05) is 0 Å². The molecule has 1 aliphatic heterocycles. The molecule has 5 nitrogen and oxygen atoms in total. The van der Waals surface area contributed by atoms with Crippen molar-refractivity contribution in [2.24, 2.45) is 5.73 Å². The second kappa shape index (κ2) is 3.35. The molecule has 1 saturated heterocycles. The number of piperidine rings is 1. The Kier molecular flexibility index (Phi) is 2.74. The third-order valence-electron chi connectivity index (χ3n) is 2.45. The monoisotopic (exact) mass is 216 g/mol. The van der Waals surface area contributed by atoms with Gasteiger partial charge in [0.05, 0.1) is 0 Å². The summed E-state index contributed by atoms with van der Waals surface area (Å²) in [5, 5.41) is 12.1. The largest absolute Gasteiger partial charge is 0.507 e. The number of hydrogen-bond acceptors (Lipinski definition) is 4. The van der Waals surface area contributed by atoms with Gasteiger partial charge in [-0.3, -0.25) is 5.73 Å². The van der Waals surface area contributed by atoms with Gasteiger partial charge in [0.15, 0.2) is 5.72 Å². The molecule has 0 spiro atoms. The maximum atomic E-state index is 10.6. The van der Waals surface area contributed by atoms with E-state index < -0.39 is 11.9 Å². The van der Waals surface area contributed by atoms with E-state index in [1.807, 2.05) is 27.7 Å². The van der Waals surface area contributed by atoms with Gasteiger partial charge in [0.2, 0.25) is 0 Å². The van der Waals surface area contributed by atoms with E-state index in [4.69, 9.17) is 15.6 Å². The first-order chi connectivity index (χ1) is 6.54. The van der Waals surface area contributed by atoms with Gasteiger partial charge >= 0.3 is 6.16 Å². The lowest BCUT2D eigenvalue weighted by molar-refractivity contribution is -0.0775. The first kappa shape index (κ1) is 12.3. The molecule has 88 valence electrons. The second-order valence-corrected chi connectivity index (χ2v) is 5.68. The molecule has 5 heteroatoms. The molecule has 0 aromatic carbocycles. The van der Waals surface area contributed by atoms with Crippen LogP contribution in [0.2, 0.25) is 0 Å². The average molecular weight is 216 g/mol. The Morgan fingerprint density at radius 2 is 1.67 bits per heavy atom. The van der Waals surface area contributed by atoms with Gasteiger partial charge in [-0.15, -0.1) is 0 Å². The standard InChI is InChI=1S/C10H20N2O3/c1-8(2)5-10(11,15-7(13)14)6-9(3,4)12-8/h12H,5-6,11H2,1-4H3,(H,13,14). The molecule has 0 unspecified atom stereocenters. The summed E-state index contributed by atoms with van der Waals surface area (Å²) in [5.74, 6) is 0. The zero-order valence-corrected chi connectivity index (χ0v) is 9.76. The molecular formula is C10H20N2O3. The van der Waals surface area contributed by atoms with E-state index in [9.17, 15) is 4.79 Å². The summed E-state index contributed by atoms with van der Waals surface area (Å²) in [5.41, 5.74) is 4.41. The van der Waals surface area contributed by atoms with Gasteiger partial charge in [0, 0.05) is 23.9 Å². The smallest absolute Gasteiger partial charge is 0.450 e. The van der Waals surface area contributed by atoms with Crippen molar-refractivity contribution in [2.75, 3.05) is 0 Å². The molecule has 1 heterocycles. The summed E-state index contributed by atoms with van der Waals surface area (Å²) in [7, 11) is 0. The quantitative estimate of drug-likeness (QED) is 0.454. The zero-order valence-electron chi connectivity index (χ0n) is 9.76. The molecule has 0 atom stereocenters. The van der Waals surface area contributed by atoms with Crippen molar-refractivity contribution in [1.82, 2.24) is 5.32 Å². The summed E-state index contributed by atoms with van der Waals surface area (Å²) < 4.78 is 4.80. The highest BCUT2D eigenvalue weighted by molar-refractivity contribution is 5.57. The molecule has 4 N–H and O–H groups in total. The molecule has 0 aromatic heterocycles. The minimum absolute atomic E-state index is 0.230. The third-order valence-corrected chi connectivity index (χ3v) is 2.45. The Bertz CT molecular complexity index is 258. The van der Waals surface area contributed by atoms with Crippen LogP contribution in [-0.4, -0.2) is 28.1 Å². The molecular weight excluding hydrogens is 196 g/mol. The van der Waals surface area contributed by atoms with E-state index in [0.717, 1.165) is 0 Å². The molecule has 0 radical (unpaired) electrons. The molecule has 1 aliphatic rings. The highest BCUT2D eigenvalue weighted by Gasteiger charge is 2.47. The van der Waals surface area contributed by atoms with Crippen molar-refractivity contribution >= 4 is 6.16 Å². The maximum Gasteiger partial charge on any atom is 0.507 e. The van der Waals surface area contributed by atoms with Crippen LogP contribution in [0.5, 0.6) is 0 Å². The van der Waals surface area contributed by atoms with E-state index in [-0.39, 0.29) is 11.1 Å². The number of nitrogens with two attached hydrogens (primary N) is 1. The van der Waals surface area contributed by atoms with E-state index in [2.05, 4.69) is 5.32 Å². The number of nitrogens with one attached hydrogen (secondary N) is 1. The summed E-state index contributed by atoms with van der Waals surface area (Å²) in [6.45, 7) is 7.95. The first-order valence-electron chi connectivity index (χ1n) is 5.04. The highest BCUT2D eigenvalue weighted by atomic mass is 16.7. The van der Waals surface area contributed by atoms with Crippen LogP contribution in [0.25, 0.3) is 0 Å². The fourth-order valence-corrected chi connectivity index (χ4v) is 2.81. The van der Waals surface area contributed by atoms with Crippen molar-refractivity contribution in [3.63, 3.8) is 0 Å². The predicted octanol–water partition coefficient (Wildman–Crippen LogP) is 1.28. The van der Waals surface area contributed by atoms with Crippen molar-refractivity contribution in [3.05, 3.63) is 0 Å². The van der Waals surface area contributed by atoms with Crippen LogP contribution < -0.4 is 11.1 Å². The normalized spacial score (nSPS) is 27.0. The van der Waals surface area contributed by atoms with Gasteiger partial charge in [0.1, 0.15) is 0 Å². The lowest BCUT2D eigenvalue weighted by Crippen LogP contribution is -2.67. The number of ether oxygens (including phenoxy) is 1. The van der Waals surface area contributed by atoms with Crippen LogP contribution in [0.3, 0.4) is 0 Å². The van der Waals surface area contributed by atoms with Crippen molar-refractivity contribution in [3.8, 4) is 0 Å². The fraction of sp³-hybridized carbons (Fsp3) is 0.900. The topological polar surface area (TPSA) is 84.6 Å². The summed E-state index contributed by atoms with van der Waals surface area (Å²) in [6.07, 6.45) is -0.378. The van der Waals surface area contributed by atoms with E-state index >= 15 is 0 Å². The van der Waals surface area contributed by atoms with Crippen LogP contribution in [-0.2, 0) is 4.74 Å². The van der Waals surface area contributed by atoms with E-state index in [1.165, 1.54) is 0 Å². The van der Waals surface area contributed by atoms with Crippen molar-refractivity contribution in [2.45, 2.75) is 57.3 Å². The lowest BCUT2D eigenvalue weighted by Gasteiger charge is -2.50. The van der Waals surface area contributed by atoms with Crippen LogP contribution in [0.4, 0.5) is 4.79 Å². The Balaban J connectivity index is 2.86. The Hall–Kier alpha value is -0.810. The van der Waals surface area contributed by atoms with Crippen LogP contribution >= 0.6 is 0 Å². The maximum absolute atomic E-state index is 10.6. The number of hydrogen-bond donors (Lipinski definition) is 3. The van der Waals surface area contributed by atoms with Gasteiger partial charge < -0.3 is 15.2 Å². The van der Waals surface area contributed by atoms with Crippen molar-refractivity contribution < 1.29 is 14.6 Å². The minimum Gasteiger partial charge on any atom is -0.450 e. The van der Waals surface area contributed by atoms with E-state index in [1.54, 1.807) is 0 Å². The van der Waals surface area contributed by atoms with E-state index in [0.29, 0.717) is 12.8 Å². The molecule has 0 amide bonds. The first-order valence-corrected chi connectivity index (χ1v) is 5.04. The van der Waals surface area contributed by atoms with Gasteiger partial charge in [-0.2, -0.15) is 0 Å². The summed E-state index contributed by atoms with van der Waals surface area (Å²) in [4.78, 5) is 10.6. The van der Waals surface area contributed by atoms with Crippen LogP contribution in [0, 0.1) is 0 Å². The molecule has 0 saturated carbocycles. The van der Waals surface area contributed by atoms with Gasteiger partial charge in [0.25, 0.3) is 0 Å². The summed E-state index contributed by atoms with van der Waals surface area (Å²) >= 11 is 0. The molecule has 1 rings (SSSR count). The van der Waals surface area contributed by atoms with Crippen molar-refractivity contribution in [1.29, 1.82) is 0 Å². The highest BCUT2D eigenvalue weighted by Crippen LogP contribution is 2.34. The second-order valence-electron chi connectivity index (χ2n) is 5.68. The molecule has 0 bridgehead atoms. The lowest BCUT2D eigenvalue weighted by atomic mass is 9.77. The molecule has 15 heavy (non-hydrogen) atoms. The number of carboxylic acid groups (broad SMARTS) is 1. The predicted molar refractivity (Wildman–Crippen MR) is 56.6 cm³/mol.